The molecule has 0 saturated carbocycles. The van der Waals surface area contributed by atoms with Crippen LogP contribution in [-0.2, 0) is 0 Å². The second-order valence-electron chi connectivity index (χ2n) is 14.5. The molecule has 294 valence electrons. The fourth-order valence-electron chi connectivity index (χ4n) is 6.68. The number of amides is 1. The Balaban J connectivity index is -0.000000644. The number of likely N-dealkylation sites (tertiary alicyclic amines) is 1. The van der Waals surface area contributed by atoms with E-state index in [0.717, 1.165) is 4.90 Å². The van der Waals surface area contributed by atoms with Crippen molar-refractivity contribution in [1.82, 2.24) is 4.90 Å². The van der Waals surface area contributed by atoms with Gasteiger partial charge in [0.05, 0.1) is 52.4 Å². The van der Waals surface area contributed by atoms with Gasteiger partial charge >= 0.3 is 0 Å². The van der Waals surface area contributed by atoms with E-state index in [0.29, 0.717) is 0 Å². The van der Waals surface area contributed by atoms with Gasteiger partial charge in [-0.2, -0.15) is 0 Å². The van der Waals surface area contributed by atoms with Crippen LogP contribution in [0, 0.1) is 11.8 Å². The van der Waals surface area contributed by atoms with E-state index in [9.17, 15) is 15.0 Å². The molecule has 1 aliphatic heterocycles. The predicted molar refractivity (Wildman–Crippen MR) is 205 cm³/mol. The molecule has 0 radical (unpaired) electrons. The number of nitrogens with zero attached hydrogens (tertiary/aromatic N) is 3. The highest BCUT2D eigenvalue weighted by atomic mass is 19.0. The first kappa shape index (κ1) is 52.0. The summed E-state index contributed by atoms with van der Waals surface area (Å²) in [5.41, 5.74) is -1.16. The summed E-state index contributed by atoms with van der Waals surface area (Å²) >= 11 is 0. The first-order valence-corrected chi connectivity index (χ1v) is 20.6. The van der Waals surface area contributed by atoms with Crippen LogP contribution in [0.2, 0.25) is 0 Å². The lowest BCUT2D eigenvalue weighted by Gasteiger charge is -2.39. The third-order valence-corrected chi connectivity index (χ3v) is 10.1. The summed E-state index contributed by atoms with van der Waals surface area (Å²) in [6.45, 7) is 30.2. The van der Waals surface area contributed by atoms with Crippen molar-refractivity contribution in [1.29, 1.82) is 0 Å². The highest BCUT2D eigenvalue weighted by Gasteiger charge is 2.30. The summed E-state index contributed by atoms with van der Waals surface area (Å²) in [5.74, 6) is 4.90. The number of halogens is 1. The molecule has 2 N–H and O–H groups in total. The van der Waals surface area contributed by atoms with Gasteiger partial charge in [0.25, 0.3) is 0 Å². The van der Waals surface area contributed by atoms with Gasteiger partial charge in [-0.3, -0.25) is 0 Å². The number of carbonyl (C=O) groups excluding carboxylic acids is 1. The maximum absolute atomic E-state index is 10.4. The third-order valence-electron chi connectivity index (χ3n) is 10.1. The lowest BCUT2D eigenvalue weighted by atomic mass is 9.92. The van der Waals surface area contributed by atoms with Crippen LogP contribution in [-0.4, -0.2) is 108 Å². The minimum atomic E-state index is -1.22. The van der Waals surface area contributed by atoms with E-state index in [4.69, 9.17) is 5.11 Å². The number of piperidine rings is 1. The zero-order chi connectivity index (χ0) is 36.6. The molecule has 1 heterocycles. The number of aliphatic hydroxyl groups is 2. The largest absolute Gasteiger partial charge is 1.00 e. The standard InChI is InChI=1S/2C16H36N.C9H13NO4.FH/c2*1-5-9-13-17(14-10-6-2,15-11-7-3)16-12-8-4;11-7-1-2-9(14)3-5-10(6-4-9)8(12)13;/h2*5-16H2,1-4H3;11,14H,3-7H2,(H,12,13);1H/q2*+1;;/p-2. The highest BCUT2D eigenvalue weighted by Crippen LogP contribution is 2.21. The fourth-order valence-corrected chi connectivity index (χ4v) is 6.68. The van der Waals surface area contributed by atoms with E-state index in [1.165, 1.54) is 164 Å². The molecule has 49 heavy (non-hydrogen) atoms. The Morgan fingerprint density at radius 2 is 0.837 bits per heavy atom. The van der Waals surface area contributed by atoms with Crippen molar-refractivity contribution in [3.8, 4) is 11.8 Å². The SMILES string of the molecule is CCCC[N+](CCCC)(CCCC)CCCC.CCCC[N+](CCCC)(CCCC)CCCC.O=C([O-])N1CCC(O)(C#CCO)CC1.[F-]. The molecule has 0 aliphatic carbocycles. The lowest BCUT2D eigenvalue weighted by molar-refractivity contribution is -0.929. The Labute approximate surface area is 304 Å². The summed E-state index contributed by atoms with van der Waals surface area (Å²) in [6.07, 6.45) is 21.4. The van der Waals surface area contributed by atoms with Gasteiger partial charge in [-0.05, 0) is 51.4 Å². The topological polar surface area (TPSA) is 83.8 Å². The highest BCUT2D eigenvalue weighted by molar-refractivity contribution is 5.62. The van der Waals surface area contributed by atoms with Crippen LogP contribution in [0.3, 0.4) is 0 Å². The van der Waals surface area contributed by atoms with Crippen LogP contribution in [0.4, 0.5) is 4.79 Å². The average molecular weight is 702 g/mol. The second-order valence-corrected chi connectivity index (χ2v) is 14.5. The molecule has 0 aromatic heterocycles. The van der Waals surface area contributed by atoms with Gasteiger partial charge in [-0.15, -0.1) is 0 Å². The summed E-state index contributed by atoms with van der Waals surface area (Å²) in [7, 11) is 0. The summed E-state index contributed by atoms with van der Waals surface area (Å²) < 4.78 is 2.84. The molecular weight excluding hydrogens is 617 g/mol. The number of carboxylic acid groups (broad SMARTS) is 1. The summed E-state index contributed by atoms with van der Waals surface area (Å²) in [4.78, 5) is 11.6. The molecule has 1 amide bonds. The molecule has 1 saturated heterocycles. The molecule has 1 rings (SSSR count). The van der Waals surface area contributed by atoms with E-state index in [-0.39, 0.29) is 37.2 Å². The van der Waals surface area contributed by atoms with Crippen molar-refractivity contribution >= 4 is 6.09 Å². The molecule has 0 bridgehead atoms. The van der Waals surface area contributed by atoms with E-state index in [1.807, 2.05) is 0 Å². The molecule has 0 spiro atoms. The van der Waals surface area contributed by atoms with Gasteiger partial charge in [0.1, 0.15) is 18.3 Å². The maximum Gasteiger partial charge on any atom is 0.136 e. The number of hydrogen-bond acceptors (Lipinski definition) is 4. The average Bonchev–Trinajstić information content (AvgIpc) is 3.10. The minimum absolute atomic E-state index is 0. The van der Waals surface area contributed by atoms with Crippen LogP contribution in [0.5, 0.6) is 0 Å². The van der Waals surface area contributed by atoms with Gasteiger partial charge in [-0.1, -0.05) is 119 Å². The number of rotatable bonds is 24. The van der Waals surface area contributed by atoms with Crippen LogP contribution >= 0.6 is 0 Å². The zero-order valence-corrected chi connectivity index (χ0v) is 33.9. The molecular formula is C41H84FN3O4. The van der Waals surface area contributed by atoms with Gasteiger partial charge < -0.3 is 38.7 Å². The van der Waals surface area contributed by atoms with E-state index < -0.39 is 11.7 Å². The molecule has 0 atom stereocenters. The first-order valence-electron chi connectivity index (χ1n) is 20.6. The van der Waals surface area contributed by atoms with Crippen LogP contribution in [0.1, 0.15) is 171 Å². The van der Waals surface area contributed by atoms with Gasteiger partial charge in [0, 0.05) is 25.9 Å². The molecule has 8 heteroatoms. The maximum atomic E-state index is 10.4. The fraction of sp³-hybridized carbons (Fsp3) is 0.927. The van der Waals surface area contributed by atoms with Crippen molar-refractivity contribution in [2.45, 2.75) is 177 Å². The molecule has 1 aliphatic rings. The van der Waals surface area contributed by atoms with E-state index in [1.54, 1.807) is 0 Å². The number of unbranched alkanes of at least 4 members (excludes halogenated alkanes) is 8. The molecule has 0 unspecified atom stereocenters. The van der Waals surface area contributed by atoms with Crippen LogP contribution < -0.4 is 9.81 Å². The smallest absolute Gasteiger partial charge is 0.136 e. The number of aliphatic hydroxyl groups excluding tert-OH is 1. The Bertz CT molecular complexity index is 682. The third kappa shape index (κ3) is 26.1. The van der Waals surface area contributed by atoms with Gasteiger partial charge in [0.15, 0.2) is 0 Å². The Morgan fingerprint density at radius 1 is 0.592 bits per heavy atom. The lowest BCUT2D eigenvalue weighted by Crippen LogP contribution is -3.00. The van der Waals surface area contributed by atoms with Crippen molar-refractivity contribution in [3.05, 3.63) is 0 Å². The summed E-state index contributed by atoms with van der Waals surface area (Å²) in [5, 5.41) is 28.7. The number of quaternary nitrogens is 2. The Morgan fingerprint density at radius 3 is 1.02 bits per heavy atom. The van der Waals surface area contributed by atoms with Gasteiger partial charge in [0.2, 0.25) is 0 Å². The Hall–Kier alpha value is -1.40. The predicted octanol–water partition coefficient (Wildman–Crippen LogP) is 5.16. The number of hydrogen-bond donors (Lipinski definition) is 2. The zero-order valence-electron chi connectivity index (χ0n) is 33.9. The minimum Gasteiger partial charge on any atom is -1.00 e. The van der Waals surface area contributed by atoms with E-state index in [2.05, 4.69) is 67.2 Å². The Kier molecular flexibility index (Phi) is 35.8. The van der Waals surface area contributed by atoms with Crippen molar-refractivity contribution in [2.75, 3.05) is 72.1 Å². The second kappa shape index (κ2) is 33.7. The number of carbonyl (C=O) groups is 1. The molecule has 1 fully saturated rings. The quantitative estimate of drug-likeness (QED) is 0.108. The van der Waals surface area contributed by atoms with Crippen molar-refractivity contribution in [2.24, 2.45) is 0 Å². The summed E-state index contributed by atoms with van der Waals surface area (Å²) in [6, 6.07) is 0. The molecule has 7 nitrogen and oxygen atoms in total. The first-order chi connectivity index (χ1) is 23.1. The monoisotopic (exact) mass is 702 g/mol. The van der Waals surface area contributed by atoms with Crippen molar-refractivity contribution in [3.63, 3.8) is 0 Å². The molecule has 0 aromatic carbocycles. The van der Waals surface area contributed by atoms with Crippen LogP contribution in [0.25, 0.3) is 0 Å². The van der Waals surface area contributed by atoms with Gasteiger partial charge in [-0.25, -0.2) is 0 Å². The van der Waals surface area contributed by atoms with Crippen LogP contribution in [0.15, 0.2) is 0 Å². The van der Waals surface area contributed by atoms with E-state index >= 15 is 0 Å². The van der Waals surface area contributed by atoms with Crippen molar-refractivity contribution < 1.29 is 33.8 Å². The normalized spacial score (nSPS) is 14.0. The molecule has 0 aromatic rings.